The van der Waals surface area contributed by atoms with Crippen molar-refractivity contribution in [1.29, 1.82) is 0 Å². The Bertz CT molecular complexity index is 561. The zero-order valence-electron chi connectivity index (χ0n) is 11.5. The number of para-hydroxylation sites is 1. The third-order valence-corrected chi connectivity index (χ3v) is 4.69. The number of hydrogen-bond donors (Lipinski definition) is 3. The summed E-state index contributed by atoms with van der Waals surface area (Å²) >= 11 is 4.91. The maximum atomic E-state index is 10.1. The molecule has 1 atom stereocenters. The van der Waals surface area contributed by atoms with Crippen LogP contribution in [0.2, 0.25) is 0 Å². The number of nitrogens with one attached hydrogen (secondary N) is 1. The summed E-state index contributed by atoms with van der Waals surface area (Å²) in [6, 6.07) is 9.60. The van der Waals surface area contributed by atoms with Crippen molar-refractivity contribution >= 4 is 27.3 Å². The first kappa shape index (κ1) is 16.5. The van der Waals surface area contributed by atoms with Crippen molar-refractivity contribution in [2.24, 2.45) is 0 Å². The van der Waals surface area contributed by atoms with Gasteiger partial charge in [0, 0.05) is 33.4 Å². The summed E-state index contributed by atoms with van der Waals surface area (Å²) < 4.78 is 6.47. The Morgan fingerprint density at radius 3 is 2.86 bits per heavy atom. The second kappa shape index (κ2) is 8.51. The number of ether oxygens (including phenoxy) is 1. The zero-order valence-corrected chi connectivity index (χ0v) is 13.9. The molecule has 0 bridgehead atoms. The van der Waals surface area contributed by atoms with Gasteiger partial charge in [0.25, 0.3) is 0 Å². The van der Waals surface area contributed by atoms with Crippen LogP contribution in [-0.4, -0.2) is 30.0 Å². The van der Waals surface area contributed by atoms with Crippen LogP contribution in [0, 0.1) is 0 Å². The Morgan fingerprint density at radius 1 is 1.33 bits per heavy atom. The molecule has 0 amide bonds. The van der Waals surface area contributed by atoms with Crippen LogP contribution in [0.25, 0.3) is 0 Å². The number of benzene rings is 1. The van der Waals surface area contributed by atoms with E-state index < -0.39 is 6.10 Å². The van der Waals surface area contributed by atoms with Gasteiger partial charge in [-0.05, 0) is 28.1 Å². The lowest BCUT2D eigenvalue weighted by molar-refractivity contribution is 0.177. The molecule has 6 heteroatoms. The first-order chi connectivity index (χ1) is 10.2. The van der Waals surface area contributed by atoms with E-state index in [9.17, 15) is 5.11 Å². The highest BCUT2D eigenvalue weighted by Gasteiger charge is 2.10. The Labute approximate surface area is 136 Å². The molecule has 0 aliphatic rings. The number of aliphatic hydroxyl groups excluding tert-OH is 2. The van der Waals surface area contributed by atoms with Crippen molar-refractivity contribution in [3.05, 3.63) is 50.6 Å². The zero-order chi connectivity index (χ0) is 15.1. The van der Waals surface area contributed by atoms with E-state index in [0.717, 1.165) is 20.7 Å². The van der Waals surface area contributed by atoms with Crippen molar-refractivity contribution < 1.29 is 14.9 Å². The molecule has 0 saturated heterocycles. The molecule has 2 rings (SSSR count). The molecule has 1 aromatic heterocycles. The van der Waals surface area contributed by atoms with Gasteiger partial charge in [0.2, 0.25) is 0 Å². The molecule has 0 aliphatic carbocycles. The molecule has 0 aliphatic heterocycles. The molecule has 0 radical (unpaired) electrons. The lowest BCUT2D eigenvalue weighted by Gasteiger charge is -2.13. The average molecular weight is 372 g/mol. The Morgan fingerprint density at radius 2 is 2.14 bits per heavy atom. The minimum absolute atomic E-state index is 0.00622. The van der Waals surface area contributed by atoms with Gasteiger partial charge in [0.05, 0.1) is 6.61 Å². The summed E-state index contributed by atoms with van der Waals surface area (Å²) in [5.41, 5.74) is 1.01. The summed E-state index contributed by atoms with van der Waals surface area (Å²) in [5, 5.41) is 24.1. The van der Waals surface area contributed by atoms with Gasteiger partial charge >= 0.3 is 0 Å². The van der Waals surface area contributed by atoms with Gasteiger partial charge in [-0.1, -0.05) is 18.2 Å². The van der Waals surface area contributed by atoms with Crippen LogP contribution >= 0.6 is 27.3 Å². The van der Waals surface area contributed by atoms with Gasteiger partial charge in [0.1, 0.15) is 18.5 Å². The first-order valence-corrected chi connectivity index (χ1v) is 8.32. The molecule has 114 valence electrons. The highest BCUT2D eigenvalue weighted by Crippen LogP contribution is 2.25. The molecule has 1 heterocycles. The second-order valence-corrected chi connectivity index (χ2v) is 6.35. The topological polar surface area (TPSA) is 61.7 Å². The lowest BCUT2D eigenvalue weighted by atomic mass is 10.2. The summed E-state index contributed by atoms with van der Waals surface area (Å²) in [6.07, 6.45) is -0.521. The number of rotatable bonds is 8. The predicted molar refractivity (Wildman–Crippen MR) is 87.7 cm³/mol. The fourth-order valence-electron chi connectivity index (χ4n) is 1.89. The fourth-order valence-corrected chi connectivity index (χ4v) is 3.32. The maximum absolute atomic E-state index is 10.1. The molecule has 2 aromatic rings. The summed E-state index contributed by atoms with van der Waals surface area (Å²) in [7, 11) is 0. The molecule has 0 spiro atoms. The van der Waals surface area contributed by atoms with E-state index in [1.54, 1.807) is 0 Å². The van der Waals surface area contributed by atoms with Crippen molar-refractivity contribution in [2.75, 3.05) is 19.8 Å². The molecule has 0 saturated carbocycles. The normalized spacial score (nSPS) is 12.3. The van der Waals surface area contributed by atoms with Gasteiger partial charge in [-0.3, -0.25) is 0 Å². The quantitative estimate of drug-likeness (QED) is 0.667. The number of aliphatic hydroxyl groups is 2. The summed E-state index contributed by atoms with van der Waals surface area (Å²) in [5.74, 6) is 0.757. The SMILES string of the molecule is OCCOc1ccccc1CNC[C@H](O)c1cc(Br)cs1. The molecule has 0 unspecified atom stereocenters. The smallest absolute Gasteiger partial charge is 0.123 e. The highest BCUT2D eigenvalue weighted by atomic mass is 79.9. The fraction of sp³-hybridized carbons (Fsp3) is 0.333. The van der Waals surface area contributed by atoms with Crippen molar-refractivity contribution in [3.63, 3.8) is 0 Å². The predicted octanol–water partition coefficient (Wildman–Crippen LogP) is 2.70. The summed E-state index contributed by atoms with van der Waals surface area (Å²) in [4.78, 5) is 0.930. The van der Waals surface area contributed by atoms with Gasteiger partial charge in [-0.2, -0.15) is 0 Å². The monoisotopic (exact) mass is 371 g/mol. The molecular formula is C15H18BrNO3S. The Balaban J connectivity index is 1.85. The van der Waals surface area contributed by atoms with Crippen molar-refractivity contribution in [3.8, 4) is 5.75 Å². The highest BCUT2D eigenvalue weighted by molar-refractivity contribution is 9.10. The standard InChI is InChI=1S/C15H18BrNO3S/c16-12-7-15(21-10-12)13(19)9-17-8-11-3-1-2-4-14(11)20-6-5-18/h1-4,7,10,13,17-19H,5-6,8-9H2/t13-/m0/s1. The molecular weight excluding hydrogens is 354 g/mol. The van der Waals surface area contributed by atoms with E-state index in [0.29, 0.717) is 13.1 Å². The van der Waals surface area contributed by atoms with Crippen LogP contribution in [-0.2, 0) is 6.54 Å². The van der Waals surface area contributed by atoms with Crippen molar-refractivity contribution in [2.45, 2.75) is 12.6 Å². The van der Waals surface area contributed by atoms with E-state index in [1.807, 2.05) is 35.7 Å². The van der Waals surface area contributed by atoms with Crippen molar-refractivity contribution in [1.82, 2.24) is 5.32 Å². The third-order valence-electron chi connectivity index (χ3n) is 2.89. The first-order valence-electron chi connectivity index (χ1n) is 6.65. The molecule has 4 nitrogen and oxygen atoms in total. The van der Waals surface area contributed by atoms with Crippen LogP contribution in [0.4, 0.5) is 0 Å². The minimum Gasteiger partial charge on any atom is -0.491 e. The molecule has 3 N–H and O–H groups in total. The molecule has 21 heavy (non-hydrogen) atoms. The Hall–Kier alpha value is -0.920. The summed E-state index contributed by atoms with van der Waals surface area (Å²) in [6.45, 7) is 1.35. The van der Waals surface area contributed by atoms with E-state index in [4.69, 9.17) is 9.84 Å². The van der Waals surface area contributed by atoms with Gasteiger partial charge < -0.3 is 20.3 Å². The minimum atomic E-state index is -0.521. The molecule has 1 aromatic carbocycles. The van der Waals surface area contributed by atoms with E-state index in [-0.39, 0.29) is 13.2 Å². The van der Waals surface area contributed by atoms with Crippen LogP contribution in [0.1, 0.15) is 16.5 Å². The third kappa shape index (κ3) is 5.09. The second-order valence-electron chi connectivity index (χ2n) is 4.49. The van der Waals surface area contributed by atoms with E-state index in [2.05, 4.69) is 21.2 Å². The number of thiophene rings is 1. The Kier molecular flexibility index (Phi) is 6.66. The van der Waals surface area contributed by atoms with Gasteiger partial charge in [-0.15, -0.1) is 11.3 Å². The molecule has 0 fully saturated rings. The van der Waals surface area contributed by atoms with E-state index in [1.165, 1.54) is 11.3 Å². The maximum Gasteiger partial charge on any atom is 0.123 e. The van der Waals surface area contributed by atoms with E-state index >= 15 is 0 Å². The van der Waals surface area contributed by atoms with Crippen LogP contribution in [0.5, 0.6) is 5.75 Å². The van der Waals surface area contributed by atoms with Crippen LogP contribution in [0.15, 0.2) is 40.2 Å². The average Bonchev–Trinajstić information content (AvgIpc) is 2.93. The number of halogens is 1. The van der Waals surface area contributed by atoms with Crippen LogP contribution in [0.3, 0.4) is 0 Å². The van der Waals surface area contributed by atoms with Gasteiger partial charge in [-0.25, -0.2) is 0 Å². The largest absolute Gasteiger partial charge is 0.491 e. The lowest BCUT2D eigenvalue weighted by Crippen LogP contribution is -2.21. The van der Waals surface area contributed by atoms with Gasteiger partial charge in [0.15, 0.2) is 0 Å². The number of hydrogen-bond acceptors (Lipinski definition) is 5. The van der Waals surface area contributed by atoms with Crippen LogP contribution < -0.4 is 10.1 Å².